The van der Waals surface area contributed by atoms with E-state index in [-0.39, 0.29) is 48.5 Å². The molecular weight excluding hydrogens is 415 g/mol. The number of halogens is 1. The van der Waals surface area contributed by atoms with E-state index in [1.54, 1.807) is 6.92 Å². The van der Waals surface area contributed by atoms with Crippen LogP contribution in [-0.2, 0) is 24.4 Å². The summed E-state index contributed by atoms with van der Waals surface area (Å²) in [5.74, 6) is -1.16. The van der Waals surface area contributed by atoms with Crippen molar-refractivity contribution in [3.8, 4) is 0 Å². The van der Waals surface area contributed by atoms with Crippen LogP contribution < -0.4 is 10.6 Å². The summed E-state index contributed by atoms with van der Waals surface area (Å²) in [6.45, 7) is 3.97. The van der Waals surface area contributed by atoms with Gasteiger partial charge >= 0.3 is 0 Å². The number of aryl methyl sites for hydroxylation is 1. The first-order valence-electron chi connectivity index (χ1n) is 9.67. The molecular formula is C19H25FN4O5S. The molecule has 0 aromatic heterocycles. The minimum absolute atomic E-state index is 0.0405. The summed E-state index contributed by atoms with van der Waals surface area (Å²) in [5.41, 5.74) is 0.0123. The van der Waals surface area contributed by atoms with E-state index in [1.807, 2.05) is 0 Å². The van der Waals surface area contributed by atoms with Crippen LogP contribution in [0.2, 0.25) is 0 Å². The normalized spacial score (nSPS) is 18.6. The van der Waals surface area contributed by atoms with Gasteiger partial charge in [-0.05, 0) is 24.6 Å². The second-order valence-electron chi connectivity index (χ2n) is 7.54. The van der Waals surface area contributed by atoms with Crippen molar-refractivity contribution >= 4 is 27.5 Å². The highest BCUT2D eigenvalue weighted by molar-refractivity contribution is 7.89. The van der Waals surface area contributed by atoms with Crippen molar-refractivity contribution in [1.82, 2.24) is 14.9 Å². The van der Waals surface area contributed by atoms with Gasteiger partial charge in [0.15, 0.2) is 0 Å². The van der Waals surface area contributed by atoms with Crippen molar-refractivity contribution in [2.45, 2.75) is 43.6 Å². The maximum absolute atomic E-state index is 13.6. The molecule has 0 atom stereocenters. The highest BCUT2D eigenvalue weighted by Crippen LogP contribution is 2.36. The van der Waals surface area contributed by atoms with Crippen LogP contribution in [0.4, 0.5) is 4.39 Å². The lowest BCUT2D eigenvalue weighted by Gasteiger charge is -2.36. The zero-order valence-corrected chi connectivity index (χ0v) is 17.7. The van der Waals surface area contributed by atoms with Crippen LogP contribution in [0.5, 0.6) is 0 Å². The molecule has 2 aliphatic rings. The number of hydrogen-bond donors (Lipinski definition) is 2. The third-order valence-electron chi connectivity index (χ3n) is 5.29. The summed E-state index contributed by atoms with van der Waals surface area (Å²) < 4.78 is 40.7. The van der Waals surface area contributed by atoms with E-state index in [0.29, 0.717) is 24.9 Å². The van der Waals surface area contributed by atoms with Crippen molar-refractivity contribution in [2.75, 3.05) is 26.2 Å². The van der Waals surface area contributed by atoms with Gasteiger partial charge in [-0.25, -0.2) is 12.8 Å². The smallest absolute Gasteiger partial charge is 0.269 e. The Morgan fingerprint density at radius 2 is 1.90 bits per heavy atom. The molecule has 0 saturated carbocycles. The summed E-state index contributed by atoms with van der Waals surface area (Å²) in [5, 5.41) is 9.14. The van der Waals surface area contributed by atoms with Gasteiger partial charge in [-0.1, -0.05) is 11.2 Å². The lowest BCUT2D eigenvalue weighted by atomic mass is 9.87. The molecule has 1 aromatic carbocycles. The highest BCUT2D eigenvalue weighted by atomic mass is 32.2. The van der Waals surface area contributed by atoms with Crippen LogP contribution in [0.15, 0.2) is 28.3 Å². The van der Waals surface area contributed by atoms with Gasteiger partial charge in [0.2, 0.25) is 15.9 Å². The van der Waals surface area contributed by atoms with Gasteiger partial charge in [0.25, 0.3) is 5.91 Å². The monoisotopic (exact) mass is 440 g/mol. The van der Waals surface area contributed by atoms with Crippen molar-refractivity contribution in [1.29, 1.82) is 0 Å². The Balaban J connectivity index is 1.56. The SMILES string of the molecule is CC(=O)NCCNC(=O)C1=NOC2(CCN(S(=O)(=O)c3cc(F)ccc3C)CC2)C1. The van der Waals surface area contributed by atoms with Crippen molar-refractivity contribution in [2.24, 2.45) is 5.16 Å². The van der Waals surface area contributed by atoms with E-state index in [1.165, 1.54) is 23.4 Å². The van der Waals surface area contributed by atoms with E-state index in [0.717, 1.165) is 6.07 Å². The Labute approximate surface area is 174 Å². The van der Waals surface area contributed by atoms with Gasteiger partial charge in [-0.3, -0.25) is 9.59 Å². The predicted molar refractivity (Wildman–Crippen MR) is 107 cm³/mol. The minimum Gasteiger partial charge on any atom is -0.388 e. The molecule has 3 rings (SSSR count). The fourth-order valence-corrected chi connectivity index (χ4v) is 5.23. The molecule has 0 aliphatic carbocycles. The van der Waals surface area contributed by atoms with Crippen LogP contribution in [0.1, 0.15) is 31.7 Å². The Morgan fingerprint density at radius 1 is 1.23 bits per heavy atom. The molecule has 2 N–H and O–H groups in total. The van der Waals surface area contributed by atoms with Gasteiger partial charge in [-0.15, -0.1) is 0 Å². The maximum Gasteiger partial charge on any atom is 0.269 e. The Morgan fingerprint density at radius 3 is 2.57 bits per heavy atom. The first-order valence-corrected chi connectivity index (χ1v) is 11.1. The molecule has 30 heavy (non-hydrogen) atoms. The number of oxime groups is 1. The number of carbonyl (C=O) groups is 2. The van der Waals surface area contributed by atoms with Crippen LogP contribution in [-0.4, -0.2) is 62.0 Å². The molecule has 0 radical (unpaired) electrons. The number of nitrogens with one attached hydrogen (secondary N) is 2. The van der Waals surface area contributed by atoms with Crippen LogP contribution in [0, 0.1) is 12.7 Å². The van der Waals surface area contributed by atoms with Gasteiger partial charge in [0.1, 0.15) is 17.1 Å². The molecule has 11 heteroatoms. The number of piperidine rings is 1. The Kier molecular flexibility index (Phi) is 6.41. The predicted octanol–water partition coefficient (Wildman–Crippen LogP) is 0.686. The van der Waals surface area contributed by atoms with Crippen molar-refractivity contribution in [3.63, 3.8) is 0 Å². The second kappa shape index (κ2) is 8.68. The molecule has 1 saturated heterocycles. The van der Waals surface area contributed by atoms with Crippen LogP contribution in [0.3, 0.4) is 0 Å². The summed E-state index contributed by atoms with van der Waals surface area (Å²) >= 11 is 0. The van der Waals surface area contributed by atoms with Gasteiger partial charge in [-0.2, -0.15) is 4.31 Å². The van der Waals surface area contributed by atoms with Crippen LogP contribution >= 0.6 is 0 Å². The average molecular weight is 440 g/mol. The minimum atomic E-state index is -3.83. The van der Waals surface area contributed by atoms with E-state index in [4.69, 9.17) is 4.84 Å². The average Bonchev–Trinajstić information content (AvgIpc) is 3.10. The van der Waals surface area contributed by atoms with E-state index in [2.05, 4.69) is 15.8 Å². The lowest BCUT2D eigenvalue weighted by Crippen LogP contribution is -2.47. The summed E-state index contributed by atoms with van der Waals surface area (Å²) in [6.07, 6.45) is 1.02. The number of rotatable bonds is 6. The van der Waals surface area contributed by atoms with Crippen LogP contribution in [0.25, 0.3) is 0 Å². The number of nitrogens with zero attached hydrogens (tertiary/aromatic N) is 2. The van der Waals surface area contributed by atoms with Gasteiger partial charge in [0.05, 0.1) is 4.90 Å². The largest absolute Gasteiger partial charge is 0.388 e. The maximum atomic E-state index is 13.6. The van der Waals surface area contributed by atoms with Gasteiger partial charge in [0, 0.05) is 52.4 Å². The van der Waals surface area contributed by atoms with E-state index < -0.39 is 21.4 Å². The first-order chi connectivity index (χ1) is 14.1. The summed E-state index contributed by atoms with van der Waals surface area (Å²) in [7, 11) is -3.83. The molecule has 164 valence electrons. The summed E-state index contributed by atoms with van der Waals surface area (Å²) in [6, 6.07) is 3.71. The molecule has 2 amide bonds. The molecule has 9 nitrogen and oxygen atoms in total. The Hall–Kier alpha value is -2.53. The topological polar surface area (TPSA) is 117 Å². The third kappa shape index (κ3) is 4.78. The Bertz CT molecular complexity index is 971. The van der Waals surface area contributed by atoms with Crippen molar-refractivity contribution < 1.29 is 27.2 Å². The zero-order valence-electron chi connectivity index (χ0n) is 16.9. The molecule has 1 fully saturated rings. The molecule has 2 aliphatic heterocycles. The molecule has 1 aromatic rings. The number of amides is 2. The number of hydrogen-bond acceptors (Lipinski definition) is 6. The van der Waals surface area contributed by atoms with E-state index in [9.17, 15) is 22.4 Å². The lowest BCUT2D eigenvalue weighted by molar-refractivity contribution is -0.119. The molecule has 0 unspecified atom stereocenters. The van der Waals surface area contributed by atoms with Gasteiger partial charge < -0.3 is 15.5 Å². The fraction of sp³-hybridized carbons (Fsp3) is 0.526. The summed E-state index contributed by atoms with van der Waals surface area (Å²) in [4.78, 5) is 28.6. The molecule has 1 spiro atoms. The quantitative estimate of drug-likeness (QED) is 0.631. The first kappa shape index (κ1) is 22.2. The number of carbonyl (C=O) groups excluding carboxylic acids is 2. The van der Waals surface area contributed by atoms with Crippen molar-refractivity contribution in [3.05, 3.63) is 29.6 Å². The molecule has 0 bridgehead atoms. The highest BCUT2D eigenvalue weighted by Gasteiger charge is 2.45. The number of benzene rings is 1. The second-order valence-corrected chi connectivity index (χ2v) is 9.45. The number of sulfonamides is 1. The third-order valence-corrected chi connectivity index (χ3v) is 7.33. The zero-order chi connectivity index (χ0) is 21.9. The van der Waals surface area contributed by atoms with E-state index >= 15 is 0 Å². The standard InChI is InChI=1S/C19H25FN4O5S/c1-13-3-4-15(20)11-17(13)30(27,28)24-9-5-19(6-10-24)12-16(23-29-19)18(26)22-8-7-21-14(2)25/h3-4,11H,5-10,12H2,1-2H3,(H,21,25)(H,22,26). The fourth-order valence-electron chi connectivity index (χ4n) is 3.55. The molecule has 2 heterocycles.